The molecule has 0 fully saturated rings. The number of alkyl halides is 3. The molecule has 1 aliphatic heterocycles. The fourth-order valence-electron chi connectivity index (χ4n) is 1.66. The van der Waals surface area contributed by atoms with Crippen molar-refractivity contribution in [3.63, 3.8) is 0 Å². The molecule has 1 aliphatic rings. The summed E-state index contributed by atoms with van der Waals surface area (Å²) in [6.45, 7) is -0.291. The second-order valence-electron chi connectivity index (χ2n) is 3.95. The fraction of sp³-hybridized carbons (Fsp3) is 0.600. The van der Waals surface area contributed by atoms with Crippen molar-refractivity contribution in [3.05, 3.63) is 12.4 Å². The van der Waals surface area contributed by atoms with E-state index in [1.54, 1.807) is 0 Å². The van der Waals surface area contributed by atoms with E-state index in [0.29, 0.717) is 5.69 Å². The zero-order valence-electron chi connectivity index (χ0n) is 9.17. The largest absolute Gasteiger partial charge is 0.408 e. The van der Waals surface area contributed by atoms with Crippen LogP contribution in [0.15, 0.2) is 17.4 Å². The van der Waals surface area contributed by atoms with E-state index in [0.717, 1.165) is 36.3 Å². The number of rotatable bonds is 2. The van der Waals surface area contributed by atoms with Crippen LogP contribution in [-0.2, 0) is 6.54 Å². The molecule has 0 bridgehead atoms. The summed E-state index contributed by atoms with van der Waals surface area (Å²) in [6.07, 6.45) is 1.44. The summed E-state index contributed by atoms with van der Waals surface area (Å²) in [5.41, 5.74) is 0.551. The standard InChI is InChI=1S/C10H13F3N4/c11-10(12,13)7-17-6-8(5-15-17)16-9-3-1-2-4-14-9/h5-6H,1-4,7H2,(H,14,16). The predicted molar refractivity (Wildman–Crippen MR) is 58.1 cm³/mol. The molecule has 0 saturated heterocycles. The third-order valence-electron chi connectivity index (χ3n) is 2.39. The van der Waals surface area contributed by atoms with Gasteiger partial charge in [-0.1, -0.05) is 0 Å². The molecule has 0 aliphatic carbocycles. The van der Waals surface area contributed by atoms with Gasteiger partial charge in [0.05, 0.1) is 11.9 Å². The molecular formula is C10H13F3N4. The second kappa shape index (κ2) is 4.77. The Morgan fingerprint density at radius 1 is 1.35 bits per heavy atom. The van der Waals surface area contributed by atoms with E-state index >= 15 is 0 Å². The van der Waals surface area contributed by atoms with Crippen molar-refractivity contribution >= 4 is 11.5 Å². The Labute approximate surface area is 96.5 Å². The van der Waals surface area contributed by atoms with Gasteiger partial charge in [0.2, 0.25) is 0 Å². The van der Waals surface area contributed by atoms with Crippen LogP contribution in [0.25, 0.3) is 0 Å². The molecule has 0 spiro atoms. The minimum atomic E-state index is -4.24. The van der Waals surface area contributed by atoms with Crippen molar-refractivity contribution < 1.29 is 13.2 Å². The maximum atomic E-state index is 12.1. The molecule has 4 nitrogen and oxygen atoms in total. The van der Waals surface area contributed by atoms with Gasteiger partial charge >= 0.3 is 6.18 Å². The van der Waals surface area contributed by atoms with E-state index in [4.69, 9.17) is 0 Å². The first-order chi connectivity index (χ1) is 8.03. The van der Waals surface area contributed by atoms with Gasteiger partial charge in [0.1, 0.15) is 12.4 Å². The topological polar surface area (TPSA) is 42.2 Å². The van der Waals surface area contributed by atoms with E-state index in [2.05, 4.69) is 15.4 Å². The van der Waals surface area contributed by atoms with Crippen LogP contribution in [0.5, 0.6) is 0 Å². The number of hydrogen-bond donors (Lipinski definition) is 1. The molecule has 1 aromatic rings. The van der Waals surface area contributed by atoms with Crippen LogP contribution < -0.4 is 5.32 Å². The molecule has 0 atom stereocenters. The first kappa shape index (κ1) is 11.9. The van der Waals surface area contributed by atoms with E-state index in [1.165, 1.54) is 12.4 Å². The fourth-order valence-corrected chi connectivity index (χ4v) is 1.66. The molecule has 0 aromatic carbocycles. The highest BCUT2D eigenvalue weighted by Crippen LogP contribution is 2.18. The molecule has 2 rings (SSSR count). The highest BCUT2D eigenvalue weighted by molar-refractivity contribution is 5.95. The van der Waals surface area contributed by atoms with E-state index < -0.39 is 12.7 Å². The zero-order chi connectivity index (χ0) is 12.3. The smallest absolute Gasteiger partial charge is 0.342 e. The first-order valence-electron chi connectivity index (χ1n) is 5.42. The van der Waals surface area contributed by atoms with Gasteiger partial charge in [-0.15, -0.1) is 0 Å². The van der Waals surface area contributed by atoms with Gasteiger partial charge in [-0.05, 0) is 12.8 Å². The summed E-state index contributed by atoms with van der Waals surface area (Å²) in [5, 5.41) is 6.63. The van der Waals surface area contributed by atoms with Gasteiger partial charge in [0.15, 0.2) is 0 Å². The molecule has 94 valence electrons. The molecule has 2 heterocycles. The number of anilines is 1. The van der Waals surface area contributed by atoms with E-state index in [-0.39, 0.29) is 0 Å². The predicted octanol–water partition coefficient (Wildman–Crippen LogP) is 2.44. The quantitative estimate of drug-likeness (QED) is 0.870. The number of nitrogens with one attached hydrogen (secondary N) is 1. The lowest BCUT2D eigenvalue weighted by molar-refractivity contribution is -0.142. The first-order valence-corrected chi connectivity index (χ1v) is 5.42. The maximum absolute atomic E-state index is 12.1. The average Bonchev–Trinajstić information content (AvgIpc) is 2.64. The van der Waals surface area contributed by atoms with Gasteiger partial charge < -0.3 is 5.32 Å². The highest BCUT2D eigenvalue weighted by atomic mass is 19.4. The summed E-state index contributed by atoms with van der Waals surface area (Å²) in [5.74, 6) is 0.822. The average molecular weight is 246 g/mol. The van der Waals surface area contributed by atoms with Gasteiger partial charge in [0.25, 0.3) is 0 Å². The molecule has 0 amide bonds. The van der Waals surface area contributed by atoms with Crippen LogP contribution in [-0.4, -0.2) is 28.3 Å². The summed E-state index contributed by atoms with van der Waals surface area (Å²) in [6, 6.07) is 0. The van der Waals surface area contributed by atoms with Crippen molar-refractivity contribution in [2.75, 3.05) is 11.9 Å². The lowest BCUT2D eigenvalue weighted by atomic mass is 10.2. The Kier molecular flexibility index (Phi) is 3.35. The molecule has 0 saturated carbocycles. The Morgan fingerprint density at radius 3 is 2.82 bits per heavy atom. The van der Waals surface area contributed by atoms with Gasteiger partial charge in [-0.25, -0.2) is 0 Å². The van der Waals surface area contributed by atoms with Crippen LogP contribution in [0.2, 0.25) is 0 Å². The minimum absolute atomic E-state index is 0.551. The Morgan fingerprint density at radius 2 is 2.18 bits per heavy atom. The summed E-state index contributed by atoms with van der Waals surface area (Å²) in [7, 11) is 0. The Bertz CT molecular complexity index is 408. The van der Waals surface area contributed by atoms with Gasteiger partial charge in [-0.3, -0.25) is 9.67 Å². The number of aliphatic imine (C=N–C) groups is 1. The zero-order valence-corrected chi connectivity index (χ0v) is 9.17. The van der Waals surface area contributed by atoms with Crippen molar-refractivity contribution in [1.82, 2.24) is 9.78 Å². The summed E-state index contributed by atoms with van der Waals surface area (Å²) < 4.78 is 37.2. The lowest BCUT2D eigenvalue weighted by Crippen LogP contribution is -2.18. The normalized spacial score (nSPS) is 16.8. The number of nitrogens with zero attached hydrogens (tertiary/aromatic N) is 3. The van der Waals surface area contributed by atoms with Crippen molar-refractivity contribution in [2.24, 2.45) is 4.99 Å². The SMILES string of the molecule is FC(F)(F)Cn1cc(NC2=NCCCC2)cn1. The minimum Gasteiger partial charge on any atom is -0.342 e. The van der Waals surface area contributed by atoms with E-state index in [1.807, 2.05) is 0 Å². The van der Waals surface area contributed by atoms with Crippen molar-refractivity contribution in [3.8, 4) is 0 Å². The Hall–Kier alpha value is -1.53. The third kappa shape index (κ3) is 3.76. The van der Waals surface area contributed by atoms with Gasteiger partial charge in [-0.2, -0.15) is 18.3 Å². The number of amidine groups is 1. The highest BCUT2D eigenvalue weighted by Gasteiger charge is 2.28. The monoisotopic (exact) mass is 246 g/mol. The molecule has 0 radical (unpaired) electrons. The number of aromatic nitrogens is 2. The van der Waals surface area contributed by atoms with Crippen LogP contribution >= 0.6 is 0 Å². The molecule has 1 aromatic heterocycles. The molecule has 7 heteroatoms. The number of hydrogen-bond acceptors (Lipinski definition) is 3. The molecule has 1 N–H and O–H groups in total. The van der Waals surface area contributed by atoms with Crippen molar-refractivity contribution in [2.45, 2.75) is 32.0 Å². The Balaban J connectivity index is 1.96. The van der Waals surface area contributed by atoms with Gasteiger partial charge in [0, 0.05) is 19.2 Å². The molecule has 17 heavy (non-hydrogen) atoms. The molecular weight excluding hydrogens is 233 g/mol. The van der Waals surface area contributed by atoms with Crippen LogP contribution in [0, 0.1) is 0 Å². The third-order valence-corrected chi connectivity index (χ3v) is 2.39. The lowest BCUT2D eigenvalue weighted by Gasteiger charge is -2.12. The summed E-state index contributed by atoms with van der Waals surface area (Å²) >= 11 is 0. The van der Waals surface area contributed by atoms with E-state index in [9.17, 15) is 13.2 Å². The molecule has 0 unspecified atom stereocenters. The van der Waals surface area contributed by atoms with Crippen LogP contribution in [0.3, 0.4) is 0 Å². The summed E-state index contributed by atoms with van der Waals surface area (Å²) in [4.78, 5) is 4.25. The maximum Gasteiger partial charge on any atom is 0.408 e. The van der Waals surface area contributed by atoms with Crippen LogP contribution in [0.4, 0.5) is 18.9 Å². The second-order valence-corrected chi connectivity index (χ2v) is 3.95. The van der Waals surface area contributed by atoms with Crippen molar-refractivity contribution in [1.29, 1.82) is 0 Å². The number of halogens is 3. The van der Waals surface area contributed by atoms with Crippen LogP contribution in [0.1, 0.15) is 19.3 Å².